The van der Waals surface area contributed by atoms with Crippen LogP contribution in [0, 0.1) is 0 Å². The molecule has 0 radical (unpaired) electrons. The number of carbonyl (C=O) groups excluding carboxylic acids is 1. The molecule has 0 aliphatic heterocycles. The molecule has 6 heteroatoms. The highest BCUT2D eigenvalue weighted by Gasteiger charge is 2.34. The van der Waals surface area contributed by atoms with Crippen LogP contribution in [-0.4, -0.2) is 34.4 Å². The minimum absolute atomic E-state index is 0.361. The molecule has 1 fully saturated rings. The number of hydrogen-bond acceptors (Lipinski definition) is 5. The molecule has 3 atom stereocenters. The molecule has 138 valence electrons. The Kier molecular flexibility index (Phi) is 4.51. The van der Waals surface area contributed by atoms with Crippen molar-refractivity contribution in [1.29, 1.82) is 0 Å². The summed E-state index contributed by atoms with van der Waals surface area (Å²) < 4.78 is 5.36. The van der Waals surface area contributed by atoms with Gasteiger partial charge in [-0.05, 0) is 42.7 Å². The van der Waals surface area contributed by atoms with Gasteiger partial charge < -0.3 is 19.9 Å². The average molecular weight is 365 g/mol. The maximum atomic E-state index is 12.5. The first-order valence-corrected chi connectivity index (χ1v) is 8.83. The Balaban J connectivity index is 1.64. The van der Waals surface area contributed by atoms with Crippen molar-refractivity contribution in [2.75, 3.05) is 0 Å². The highest BCUT2D eigenvalue weighted by atomic mass is 16.4. The first-order valence-electron chi connectivity index (χ1n) is 8.83. The maximum absolute atomic E-state index is 12.5. The van der Waals surface area contributed by atoms with Crippen LogP contribution in [-0.2, 0) is 0 Å². The molecular weight excluding hydrogens is 346 g/mol. The summed E-state index contributed by atoms with van der Waals surface area (Å²) in [6, 6.07) is 15.2. The quantitative estimate of drug-likeness (QED) is 0.617. The lowest BCUT2D eigenvalue weighted by atomic mass is 10.0. The van der Waals surface area contributed by atoms with Crippen LogP contribution in [0.4, 0.5) is 0 Å². The van der Waals surface area contributed by atoms with Crippen LogP contribution in [0.5, 0.6) is 0 Å². The molecule has 1 saturated carbocycles. The van der Waals surface area contributed by atoms with Gasteiger partial charge in [0, 0.05) is 10.9 Å². The molecule has 2 aromatic carbocycles. The number of para-hydroxylation sites is 1. The van der Waals surface area contributed by atoms with Crippen LogP contribution < -0.4 is 10.9 Å². The average Bonchev–Trinajstić information content (AvgIpc) is 2.99. The number of amides is 1. The number of nitrogens with one attached hydrogen (secondary N) is 1. The summed E-state index contributed by atoms with van der Waals surface area (Å²) in [5.41, 5.74) is 1.36. The zero-order valence-corrected chi connectivity index (χ0v) is 14.5. The Hall–Kier alpha value is -2.96. The van der Waals surface area contributed by atoms with Crippen LogP contribution in [0.15, 0.2) is 63.8 Å². The summed E-state index contributed by atoms with van der Waals surface area (Å²) in [5.74, 6) is -0.361. The van der Waals surface area contributed by atoms with Gasteiger partial charge in [0.2, 0.25) is 0 Å². The number of hydrogen-bond donors (Lipinski definition) is 3. The monoisotopic (exact) mass is 365 g/mol. The molecular formula is C21H19NO5. The molecule has 27 heavy (non-hydrogen) atoms. The van der Waals surface area contributed by atoms with Crippen molar-refractivity contribution >= 4 is 16.9 Å². The molecule has 3 N–H and O–H groups in total. The zero-order valence-electron chi connectivity index (χ0n) is 14.5. The highest BCUT2D eigenvalue weighted by molar-refractivity contribution is 5.96. The van der Waals surface area contributed by atoms with Crippen molar-refractivity contribution in [1.82, 2.24) is 5.32 Å². The molecule has 1 aliphatic carbocycles. The number of fused-ring (bicyclic) bond motifs is 1. The third-order valence-electron chi connectivity index (χ3n) is 4.97. The van der Waals surface area contributed by atoms with Gasteiger partial charge in [0.1, 0.15) is 11.7 Å². The van der Waals surface area contributed by atoms with Crippen LogP contribution in [0.25, 0.3) is 22.1 Å². The minimum Gasteiger partial charge on any atom is -0.422 e. The molecule has 0 saturated heterocycles. The molecule has 0 unspecified atom stereocenters. The lowest BCUT2D eigenvalue weighted by Gasteiger charge is -2.18. The second kappa shape index (κ2) is 6.98. The summed E-state index contributed by atoms with van der Waals surface area (Å²) in [7, 11) is 0. The molecule has 6 nitrogen and oxygen atoms in total. The SMILES string of the molecule is O=C(N[C@@H]1CC[C@@H](O)[C@@H]1O)c1cccc(-c2cc3ccccc3oc2=O)c1. The molecule has 3 aromatic rings. The molecule has 1 aromatic heterocycles. The lowest BCUT2D eigenvalue weighted by Crippen LogP contribution is -2.42. The van der Waals surface area contributed by atoms with E-state index in [1.54, 1.807) is 42.5 Å². The van der Waals surface area contributed by atoms with Crippen molar-refractivity contribution in [2.24, 2.45) is 0 Å². The van der Waals surface area contributed by atoms with E-state index in [2.05, 4.69) is 5.32 Å². The van der Waals surface area contributed by atoms with E-state index in [1.165, 1.54) is 0 Å². The number of carbonyl (C=O) groups is 1. The summed E-state index contributed by atoms with van der Waals surface area (Å²) in [6.45, 7) is 0. The highest BCUT2D eigenvalue weighted by Crippen LogP contribution is 2.23. The van der Waals surface area contributed by atoms with E-state index in [-0.39, 0.29) is 5.91 Å². The number of aliphatic hydroxyl groups excluding tert-OH is 2. The fourth-order valence-corrected chi connectivity index (χ4v) is 3.46. The summed E-state index contributed by atoms with van der Waals surface area (Å²) in [5, 5.41) is 23.1. The molecule has 0 spiro atoms. The first kappa shape index (κ1) is 17.5. The van der Waals surface area contributed by atoms with Gasteiger partial charge in [-0.2, -0.15) is 0 Å². The predicted octanol–water partition coefficient (Wildman–Crippen LogP) is 2.07. The van der Waals surface area contributed by atoms with Crippen molar-refractivity contribution < 1.29 is 19.4 Å². The Morgan fingerprint density at radius 3 is 2.63 bits per heavy atom. The topological polar surface area (TPSA) is 99.8 Å². The zero-order chi connectivity index (χ0) is 19.0. The second-order valence-corrected chi connectivity index (χ2v) is 6.78. The van der Waals surface area contributed by atoms with E-state index < -0.39 is 23.9 Å². The third-order valence-corrected chi connectivity index (χ3v) is 4.97. The normalized spacial score (nSPS) is 22.1. The maximum Gasteiger partial charge on any atom is 0.344 e. The van der Waals surface area contributed by atoms with E-state index in [4.69, 9.17) is 4.42 Å². The third kappa shape index (κ3) is 3.37. The van der Waals surface area contributed by atoms with Gasteiger partial charge in [0.25, 0.3) is 5.91 Å². The van der Waals surface area contributed by atoms with Gasteiger partial charge in [0.05, 0.1) is 17.7 Å². The molecule has 1 heterocycles. The van der Waals surface area contributed by atoms with Gasteiger partial charge in [-0.3, -0.25) is 4.79 Å². The fourth-order valence-electron chi connectivity index (χ4n) is 3.46. The van der Waals surface area contributed by atoms with Crippen LogP contribution in [0.1, 0.15) is 23.2 Å². The van der Waals surface area contributed by atoms with E-state index in [9.17, 15) is 19.8 Å². The molecule has 1 amide bonds. The lowest BCUT2D eigenvalue weighted by molar-refractivity contribution is 0.0296. The van der Waals surface area contributed by atoms with Crippen molar-refractivity contribution in [2.45, 2.75) is 31.1 Å². The number of aliphatic hydroxyl groups is 2. The fraction of sp³-hybridized carbons (Fsp3) is 0.238. The Bertz CT molecular complexity index is 1060. The first-order chi connectivity index (χ1) is 13.0. The Morgan fingerprint density at radius 2 is 1.85 bits per heavy atom. The molecule has 1 aliphatic rings. The van der Waals surface area contributed by atoms with Crippen molar-refractivity contribution in [3.8, 4) is 11.1 Å². The minimum atomic E-state index is -0.968. The largest absolute Gasteiger partial charge is 0.422 e. The van der Waals surface area contributed by atoms with Crippen LogP contribution >= 0.6 is 0 Å². The van der Waals surface area contributed by atoms with Gasteiger partial charge in [-0.15, -0.1) is 0 Å². The van der Waals surface area contributed by atoms with Crippen molar-refractivity contribution in [3.63, 3.8) is 0 Å². The van der Waals surface area contributed by atoms with Gasteiger partial charge >= 0.3 is 5.63 Å². The summed E-state index contributed by atoms with van der Waals surface area (Å²) >= 11 is 0. The van der Waals surface area contributed by atoms with Crippen molar-refractivity contribution in [3.05, 3.63) is 70.6 Å². The van der Waals surface area contributed by atoms with Gasteiger partial charge in [-0.1, -0.05) is 30.3 Å². The Morgan fingerprint density at radius 1 is 1.04 bits per heavy atom. The smallest absolute Gasteiger partial charge is 0.344 e. The standard InChI is InChI=1S/C21H19NO5/c23-17-9-8-16(19(17)24)22-20(25)14-6-3-5-12(10-14)15-11-13-4-1-2-7-18(13)27-21(15)26/h1-7,10-11,16-17,19,23-24H,8-9H2,(H,22,25)/t16-,17-,19-/m1/s1. The van der Waals surface area contributed by atoms with Gasteiger partial charge in [0.15, 0.2) is 0 Å². The summed E-state index contributed by atoms with van der Waals surface area (Å²) in [4.78, 5) is 24.9. The van der Waals surface area contributed by atoms with Gasteiger partial charge in [-0.25, -0.2) is 4.79 Å². The van der Waals surface area contributed by atoms with E-state index in [0.29, 0.717) is 35.1 Å². The summed E-state index contributed by atoms with van der Waals surface area (Å²) in [6.07, 6.45) is -0.819. The van der Waals surface area contributed by atoms with Crippen LogP contribution in [0.3, 0.4) is 0 Å². The number of rotatable bonds is 3. The molecule has 4 rings (SSSR count). The van der Waals surface area contributed by atoms with E-state index in [1.807, 2.05) is 12.1 Å². The van der Waals surface area contributed by atoms with E-state index in [0.717, 1.165) is 5.39 Å². The van der Waals surface area contributed by atoms with Crippen LogP contribution in [0.2, 0.25) is 0 Å². The predicted molar refractivity (Wildman–Crippen MR) is 100 cm³/mol. The molecule has 0 bridgehead atoms. The van der Waals surface area contributed by atoms with E-state index >= 15 is 0 Å². The Labute approximate surface area is 155 Å². The second-order valence-electron chi connectivity index (χ2n) is 6.78. The number of benzene rings is 2.